The Morgan fingerprint density at radius 3 is 2.64 bits per heavy atom. The molecule has 0 unspecified atom stereocenters. The number of nitrogens with one attached hydrogen (secondary N) is 1. The Bertz CT molecular complexity index is 1080. The highest BCUT2D eigenvalue weighted by atomic mass is 35.5. The van der Waals surface area contributed by atoms with Crippen molar-refractivity contribution < 1.29 is 9.53 Å². The Morgan fingerprint density at radius 1 is 1.12 bits per heavy atom. The summed E-state index contributed by atoms with van der Waals surface area (Å²) in [6.45, 7) is 2.12. The number of para-hydroxylation sites is 1. The van der Waals surface area contributed by atoms with E-state index in [4.69, 9.17) is 21.3 Å². The van der Waals surface area contributed by atoms with Crippen molar-refractivity contribution in [1.29, 1.82) is 0 Å². The van der Waals surface area contributed by atoms with Gasteiger partial charge in [0.05, 0.1) is 23.3 Å². The molecule has 1 N–H and O–H groups in total. The maximum atomic E-state index is 12.2. The maximum Gasteiger partial charge on any atom is 0.354 e. The average molecular weight is 351 g/mol. The van der Waals surface area contributed by atoms with Crippen molar-refractivity contribution >= 4 is 39.4 Å². The lowest BCUT2D eigenvalue weighted by atomic mass is 10.1. The second-order valence-corrected chi connectivity index (χ2v) is 6.11. The van der Waals surface area contributed by atoms with Crippen molar-refractivity contribution in [2.75, 3.05) is 6.61 Å². The highest BCUT2D eigenvalue weighted by molar-refractivity contribution is 6.30. The molecule has 0 atom stereocenters. The third-order valence-electron chi connectivity index (χ3n) is 4.09. The van der Waals surface area contributed by atoms with Crippen LogP contribution in [0.2, 0.25) is 5.02 Å². The number of H-pyrrole nitrogens is 1. The first kappa shape index (κ1) is 15.7. The van der Waals surface area contributed by atoms with Gasteiger partial charge in [0.15, 0.2) is 0 Å². The second kappa shape index (κ2) is 6.22. The van der Waals surface area contributed by atoms with E-state index in [2.05, 4.69) is 4.98 Å². The van der Waals surface area contributed by atoms with Crippen LogP contribution in [-0.2, 0) is 4.74 Å². The van der Waals surface area contributed by atoms with Crippen LogP contribution < -0.4 is 0 Å². The van der Waals surface area contributed by atoms with Gasteiger partial charge < -0.3 is 9.72 Å². The Hall–Kier alpha value is -2.85. The van der Waals surface area contributed by atoms with Crippen LogP contribution in [0.1, 0.15) is 17.4 Å². The largest absolute Gasteiger partial charge is 0.461 e. The van der Waals surface area contributed by atoms with Crippen LogP contribution in [-0.4, -0.2) is 22.5 Å². The number of benzene rings is 2. The molecule has 4 rings (SSSR count). The van der Waals surface area contributed by atoms with Gasteiger partial charge in [-0.2, -0.15) is 0 Å². The van der Waals surface area contributed by atoms with E-state index in [0.29, 0.717) is 17.3 Å². The van der Waals surface area contributed by atoms with Crippen LogP contribution >= 0.6 is 11.6 Å². The first-order chi connectivity index (χ1) is 12.2. The van der Waals surface area contributed by atoms with E-state index >= 15 is 0 Å². The fourth-order valence-corrected chi connectivity index (χ4v) is 3.09. The Labute approximate surface area is 149 Å². The van der Waals surface area contributed by atoms with Gasteiger partial charge in [0.1, 0.15) is 5.69 Å². The number of fused-ring (bicyclic) bond motifs is 3. The molecule has 0 bridgehead atoms. The number of aromatic amines is 1. The molecule has 0 saturated heterocycles. The van der Waals surface area contributed by atoms with Crippen molar-refractivity contribution in [1.82, 2.24) is 9.97 Å². The molecule has 2 heterocycles. The van der Waals surface area contributed by atoms with E-state index < -0.39 is 0 Å². The summed E-state index contributed by atoms with van der Waals surface area (Å²) in [5.74, 6) is -0.371. The van der Waals surface area contributed by atoms with Crippen molar-refractivity contribution in [3.05, 3.63) is 65.3 Å². The predicted molar refractivity (Wildman–Crippen MR) is 100 cm³/mol. The Morgan fingerprint density at radius 2 is 1.88 bits per heavy atom. The second-order valence-electron chi connectivity index (χ2n) is 5.68. The summed E-state index contributed by atoms with van der Waals surface area (Å²) in [7, 11) is 0. The Kier molecular flexibility index (Phi) is 3.90. The van der Waals surface area contributed by atoms with Crippen LogP contribution in [0, 0.1) is 0 Å². The lowest BCUT2D eigenvalue weighted by Crippen LogP contribution is -2.04. The number of rotatable bonds is 3. The van der Waals surface area contributed by atoms with Gasteiger partial charge in [-0.15, -0.1) is 0 Å². The fraction of sp³-hybridized carbons (Fsp3) is 0.100. The van der Waals surface area contributed by atoms with E-state index in [1.807, 2.05) is 54.6 Å². The van der Waals surface area contributed by atoms with Gasteiger partial charge in [0.2, 0.25) is 0 Å². The van der Waals surface area contributed by atoms with E-state index in [0.717, 1.165) is 33.1 Å². The molecule has 0 fully saturated rings. The van der Waals surface area contributed by atoms with Crippen LogP contribution in [0.25, 0.3) is 33.1 Å². The standard InChI is InChI=1S/C20H15ClN2O2/c1-2-25-20(24)17-11-15-14-5-3-4-6-16(14)22-18(19(15)23-17)12-7-9-13(21)10-8-12/h3-11,23H,2H2,1H3. The minimum atomic E-state index is -0.371. The third kappa shape index (κ3) is 2.75. The minimum absolute atomic E-state index is 0.331. The monoisotopic (exact) mass is 350 g/mol. The fourth-order valence-electron chi connectivity index (χ4n) is 2.96. The summed E-state index contributed by atoms with van der Waals surface area (Å²) in [6.07, 6.45) is 0. The van der Waals surface area contributed by atoms with Crippen molar-refractivity contribution in [3.63, 3.8) is 0 Å². The van der Waals surface area contributed by atoms with Gasteiger partial charge in [-0.1, -0.05) is 41.9 Å². The van der Waals surface area contributed by atoms with Crippen LogP contribution in [0.5, 0.6) is 0 Å². The molecule has 2 aromatic carbocycles. The zero-order valence-electron chi connectivity index (χ0n) is 13.5. The smallest absolute Gasteiger partial charge is 0.354 e. The number of hydrogen-bond acceptors (Lipinski definition) is 3. The number of carbonyl (C=O) groups excluding carboxylic acids is 1. The predicted octanol–water partition coefficient (Wildman–Crippen LogP) is 5.21. The average Bonchev–Trinajstić information content (AvgIpc) is 3.08. The highest BCUT2D eigenvalue weighted by Crippen LogP contribution is 2.33. The van der Waals surface area contributed by atoms with Crippen molar-refractivity contribution in [2.45, 2.75) is 6.92 Å². The van der Waals surface area contributed by atoms with Gasteiger partial charge in [-0.25, -0.2) is 9.78 Å². The van der Waals surface area contributed by atoms with E-state index in [-0.39, 0.29) is 5.97 Å². The lowest BCUT2D eigenvalue weighted by Gasteiger charge is -2.07. The topological polar surface area (TPSA) is 55.0 Å². The summed E-state index contributed by atoms with van der Waals surface area (Å²) in [5, 5.41) is 2.60. The van der Waals surface area contributed by atoms with Gasteiger partial charge in [-0.05, 0) is 31.2 Å². The number of esters is 1. The zero-order valence-corrected chi connectivity index (χ0v) is 14.3. The number of nitrogens with zero attached hydrogens (tertiary/aromatic N) is 1. The van der Waals surface area contributed by atoms with Crippen molar-refractivity contribution in [3.8, 4) is 11.3 Å². The van der Waals surface area contributed by atoms with E-state index in [1.54, 1.807) is 6.92 Å². The summed E-state index contributed by atoms with van der Waals surface area (Å²) < 4.78 is 5.12. The van der Waals surface area contributed by atoms with E-state index in [1.165, 1.54) is 0 Å². The molecule has 0 aliphatic rings. The SMILES string of the molecule is CCOC(=O)c1cc2c([nH]1)c(-c1ccc(Cl)cc1)nc1ccccc12. The van der Waals surface area contributed by atoms with Gasteiger partial charge in [-0.3, -0.25) is 0 Å². The highest BCUT2D eigenvalue weighted by Gasteiger charge is 2.17. The molecule has 0 amide bonds. The first-order valence-electron chi connectivity index (χ1n) is 8.02. The number of pyridine rings is 1. The molecule has 2 aromatic heterocycles. The molecule has 0 aliphatic carbocycles. The molecular weight excluding hydrogens is 336 g/mol. The molecule has 4 aromatic rings. The molecule has 0 spiro atoms. The normalized spacial score (nSPS) is 11.1. The van der Waals surface area contributed by atoms with Crippen molar-refractivity contribution in [2.24, 2.45) is 0 Å². The van der Waals surface area contributed by atoms with Gasteiger partial charge in [0, 0.05) is 21.4 Å². The summed E-state index contributed by atoms with van der Waals surface area (Å²) in [4.78, 5) is 20.1. The van der Waals surface area contributed by atoms with Crippen LogP contribution in [0.15, 0.2) is 54.6 Å². The number of halogens is 1. The summed E-state index contributed by atoms with van der Waals surface area (Å²) >= 11 is 6.00. The van der Waals surface area contributed by atoms with Crippen LogP contribution in [0.3, 0.4) is 0 Å². The summed E-state index contributed by atoms with van der Waals surface area (Å²) in [5.41, 5.74) is 3.81. The third-order valence-corrected chi connectivity index (χ3v) is 4.35. The molecule has 5 heteroatoms. The summed E-state index contributed by atoms with van der Waals surface area (Å²) in [6, 6.07) is 17.2. The molecule has 124 valence electrons. The van der Waals surface area contributed by atoms with E-state index in [9.17, 15) is 4.79 Å². The number of hydrogen-bond donors (Lipinski definition) is 1. The quantitative estimate of drug-likeness (QED) is 0.516. The van der Waals surface area contributed by atoms with Crippen LogP contribution in [0.4, 0.5) is 0 Å². The molecule has 0 radical (unpaired) electrons. The molecule has 25 heavy (non-hydrogen) atoms. The zero-order chi connectivity index (χ0) is 17.4. The van der Waals surface area contributed by atoms with Gasteiger partial charge >= 0.3 is 5.97 Å². The number of ether oxygens (including phenoxy) is 1. The Balaban J connectivity index is 2.02. The maximum absolute atomic E-state index is 12.2. The molecular formula is C20H15ClN2O2. The lowest BCUT2D eigenvalue weighted by molar-refractivity contribution is 0.0520. The first-order valence-corrected chi connectivity index (χ1v) is 8.39. The number of carbonyl (C=O) groups is 1. The molecule has 4 nitrogen and oxygen atoms in total. The minimum Gasteiger partial charge on any atom is -0.461 e. The molecule has 0 aliphatic heterocycles. The molecule has 0 saturated carbocycles. The number of aromatic nitrogens is 2. The van der Waals surface area contributed by atoms with Gasteiger partial charge in [0.25, 0.3) is 0 Å².